The van der Waals surface area contributed by atoms with Crippen LogP contribution in [0.3, 0.4) is 0 Å². The Kier molecular flexibility index (Phi) is 18.0. The Morgan fingerprint density at radius 3 is 1.81 bits per heavy atom. The van der Waals surface area contributed by atoms with Crippen LogP contribution >= 0.6 is 0 Å². The van der Waals surface area contributed by atoms with Crippen LogP contribution in [0.4, 0.5) is 0 Å². The number of rotatable bonds is 14. The van der Waals surface area contributed by atoms with Gasteiger partial charge >= 0.3 is 29.6 Å². The van der Waals surface area contributed by atoms with Crippen LogP contribution in [0.25, 0.3) is 0 Å². The van der Waals surface area contributed by atoms with Crippen LogP contribution in [0.15, 0.2) is 0 Å². The Morgan fingerprint density at radius 2 is 1.38 bits per heavy atom. The van der Waals surface area contributed by atoms with Crippen molar-refractivity contribution in [1.82, 2.24) is 0 Å². The molecule has 0 aliphatic heterocycles. The third-order valence-corrected chi connectivity index (χ3v) is 3.57. The molecule has 122 valence electrons. The van der Waals surface area contributed by atoms with Crippen molar-refractivity contribution in [2.75, 3.05) is 6.61 Å². The molecule has 0 heterocycles. The smallest absolute Gasteiger partial charge is 0.725 e. The van der Waals surface area contributed by atoms with Gasteiger partial charge in [0.2, 0.25) is 10.4 Å². The maximum atomic E-state index is 10.5. The van der Waals surface area contributed by atoms with Gasteiger partial charge in [0.1, 0.15) is 0 Å². The molecule has 0 radical (unpaired) electrons. The first-order valence-corrected chi connectivity index (χ1v) is 9.08. The van der Waals surface area contributed by atoms with Crippen molar-refractivity contribution in [2.45, 2.75) is 84.3 Å². The summed E-state index contributed by atoms with van der Waals surface area (Å²) in [5, 5.41) is 0. The molecule has 0 saturated heterocycles. The van der Waals surface area contributed by atoms with Gasteiger partial charge in [-0.2, -0.15) is 0 Å². The zero-order valence-corrected chi connectivity index (χ0v) is 16.6. The predicted octanol–water partition coefficient (Wildman–Crippen LogP) is 0.751. The molecule has 0 aromatic heterocycles. The molecule has 21 heavy (non-hydrogen) atoms. The molecule has 0 bridgehead atoms. The quantitative estimate of drug-likeness (QED) is 0.154. The van der Waals surface area contributed by atoms with Crippen molar-refractivity contribution in [3.05, 3.63) is 0 Å². The second-order valence-electron chi connectivity index (χ2n) is 5.01. The van der Waals surface area contributed by atoms with Crippen LogP contribution in [0.1, 0.15) is 78.1 Å². The normalized spacial score (nSPS) is 12.9. The summed E-state index contributed by atoms with van der Waals surface area (Å²) >= 11 is 0. The fraction of sp³-hybridized carbons (Fsp3) is 1.00. The van der Waals surface area contributed by atoms with Crippen molar-refractivity contribution >= 4 is 10.4 Å². The van der Waals surface area contributed by atoms with E-state index in [9.17, 15) is 13.0 Å². The monoisotopic (exact) mass is 332 g/mol. The predicted molar refractivity (Wildman–Crippen MR) is 78.0 cm³/mol. The van der Waals surface area contributed by atoms with Crippen LogP contribution in [-0.4, -0.2) is 25.9 Å². The van der Waals surface area contributed by atoms with Crippen LogP contribution in [0.2, 0.25) is 0 Å². The molecule has 0 aromatic carbocycles. The number of hydrogen-bond acceptors (Lipinski definition) is 5. The second kappa shape index (κ2) is 15.7. The summed E-state index contributed by atoms with van der Waals surface area (Å²) < 4.78 is 41.0. The van der Waals surface area contributed by atoms with Crippen LogP contribution in [-0.2, 0) is 19.3 Å². The van der Waals surface area contributed by atoms with E-state index in [1.807, 2.05) is 0 Å². The molecule has 0 aliphatic rings. The summed E-state index contributed by atoms with van der Waals surface area (Å²) in [4.78, 5) is 0. The fourth-order valence-electron chi connectivity index (χ4n) is 2.10. The van der Waals surface area contributed by atoms with E-state index in [1.165, 1.54) is 38.5 Å². The summed E-state index contributed by atoms with van der Waals surface area (Å²) in [6.07, 6.45) is 10.2. The number of ether oxygens (including phenoxy) is 1. The van der Waals surface area contributed by atoms with Crippen molar-refractivity contribution in [2.24, 2.45) is 0 Å². The fourth-order valence-corrected chi connectivity index (χ4v) is 2.51. The second-order valence-corrected chi connectivity index (χ2v) is 6.02. The minimum atomic E-state index is -4.68. The largest absolute Gasteiger partial charge is 1.00 e. The summed E-state index contributed by atoms with van der Waals surface area (Å²) in [5.41, 5.74) is 0. The molecule has 0 amide bonds. The van der Waals surface area contributed by atoms with Gasteiger partial charge in [-0.05, 0) is 19.8 Å². The maximum absolute atomic E-state index is 10.5. The Hall–Kier alpha value is 0.830. The molecule has 0 N–H and O–H groups in total. The van der Waals surface area contributed by atoms with E-state index in [4.69, 9.17) is 4.74 Å². The third kappa shape index (κ3) is 18.8. The van der Waals surface area contributed by atoms with Crippen LogP contribution in [0, 0.1) is 0 Å². The first kappa shape index (κ1) is 24.1. The van der Waals surface area contributed by atoms with E-state index in [0.717, 1.165) is 19.3 Å². The van der Waals surface area contributed by atoms with Gasteiger partial charge < -0.3 is 9.29 Å². The van der Waals surface area contributed by atoms with Gasteiger partial charge in [0.25, 0.3) is 0 Å². The van der Waals surface area contributed by atoms with Gasteiger partial charge in [-0.3, -0.25) is 0 Å². The van der Waals surface area contributed by atoms with E-state index in [-0.39, 0.29) is 29.6 Å². The summed E-state index contributed by atoms with van der Waals surface area (Å²) in [6.45, 7) is 4.28. The van der Waals surface area contributed by atoms with E-state index in [1.54, 1.807) is 6.92 Å². The van der Waals surface area contributed by atoms with Gasteiger partial charge in [-0.25, -0.2) is 12.6 Å². The molecule has 0 fully saturated rings. The summed E-state index contributed by atoms with van der Waals surface area (Å²) in [5.74, 6) is 0. The Bertz CT molecular complexity index is 308. The molecule has 0 spiro atoms. The van der Waals surface area contributed by atoms with E-state index >= 15 is 0 Å². The molecule has 0 aliphatic carbocycles. The van der Waals surface area contributed by atoms with Crippen molar-refractivity contribution in [3.8, 4) is 0 Å². The molecule has 0 rings (SSSR count). The zero-order valence-electron chi connectivity index (χ0n) is 13.8. The van der Waals surface area contributed by atoms with E-state index < -0.39 is 16.7 Å². The zero-order chi connectivity index (χ0) is 15.3. The van der Waals surface area contributed by atoms with Gasteiger partial charge in [-0.15, -0.1) is 0 Å². The minimum absolute atomic E-state index is 0. The van der Waals surface area contributed by atoms with Crippen LogP contribution < -0.4 is 29.6 Å². The molecule has 1 atom stereocenters. The first-order valence-electron chi connectivity index (χ1n) is 7.75. The van der Waals surface area contributed by atoms with Gasteiger partial charge in [0.15, 0.2) is 6.29 Å². The molecule has 0 saturated carbocycles. The molecule has 5 nitrogen and oxygen atoms in total. The maximum Gasteiger partial charge on any atom is 1.00 e. The molecular weight excluding hydrogens is 303 g/mol. The summed E-state index contributed by atoms with van der Waals surface area (Å²) in [7, 11) is -4.68. The Morgan fingerprint density at radius 1 is 0.905 bits per heavy atom. The van der Waals surface area contributed by atoms with Crippen molar-refractivity contribution in [3.63, 3.8) is 0 Å². The molecule has 7 heteroatoms. The van der Waals surface area contributed by atoms with Crippen LogP contribution in [0.5, 0.6) is 0 Å². The average molecular weight is 332 g/mol. The molecule has 1 unspecified atom stereocenters. The summed E-state index contributed by atoms with van der Waals surface area (Å²) in [6, 6.07) is 0. The molecule has 0 aromatic rings. The third-order valence-electron chi connectivity index (χ3n) is 3.12. The first-order chi connectivity index (χ1) is 9.49. The van der Waals surface area contributed by atoms with Gasteiger partial charge in [0, 0.05) is 6.61 Å². The SMILES string of the molecule is CCCCCCCCCCCC(OCC)OS(=O)(=O)[O-].[Na+]. The Balaban J connectivity index is 0. The van der Waals surface area contributed by atoms with Crippen molar-refractivity contribution < 1.29 is 51.4 Å². The Labute approximate surface area is 152 Å². The van der Waals surface area contributed by atoms with Crippen molar-refractivity contribution in [1.29, 1.82) is 0 Å². The number of unbranched alkanes of at least 4 members (excludes halogenated alkanes) is 8. The average Bonchev–Trinajstić information content (AvgIpc) is 2.35. The van der Waals surface area contributed by atoms with Gasteiger partial charge in [-0.1, -0.05) is 58.3 Å². The van der Waals surface area contributed by atoms with E-state index in [0.29, 0.717) is 13.0 Å². The topological polar surface area (TPSA) is 75.7 Å². The minimum Gasteiger partial charge on any atom is -0.725 e. The standard InChI is InChI=1S/C14H30O5S.Na/c1-3-5-6-7-8-9-10-11-12-13-14(18-4-2)19-20(15,16)17;/h14H,3-13H2,1-2H3,(H,15,16,17);/q;+1/p-1. The number of hydrogen-bond donors (Lipinski definition) is 0. The van der Waals surface area contributed by atoms with Gasteiger partial charge in [0.05, 0.1) is 0 Å². The molecular formula is C14H29NaO5S. The van der Waals surface area contributed by atoms with E-state index in [2.05, 4.69) is 11.1 Å².